The lowest BCUT2D eigenvalue weighted by Crippen LogP contribution is -2.46. The van der Waals surface area contributed by atoms with Crippen LogP contribution in [0.1, 0.15) is 29.5 Å². The van der Waals surface area contributed by atoms with E-state index in [1.807, 2.05) is 19.1 Å². The molecule has 1 fully saturated rings. The zero-order valence-corrected chi connectivity index (χ0v) is 14.7. The summed E-state index contributed by atoms with van der Waals surface area (Å²) in [5, 5.41) is 2.70. The van der Waals surface area contributed by atoms with Gasteiger partial charge in [-0.1, -0.05) is 23.8 Å². The summed E-state index contributed by atoms with van der Waals surface area (Å²) < 4.78 is 27.5. The van der Waals surface area contributed by atoms with Gasteiger partial charge >= 0.3 is 0 Å². The molecule has 0 aliphatic carbocycles. The van der Waals surface area contributed by atoms with Crippen LogP contribution in [0.25, 0.3) is 0 Å². The molecule has 1 N–H and O–H groups in total. The Labute approximate surface area is 138 Å². The summed E-state index contributed by atoms with van der Waals surface area (Å²) in [5.41, 5.74) is 2.47. The standard InChI is InChI=1S/C17H24N2O3S/c1-5-8-18-17(20)15-7-6-9-19(15)23(21,22)16-13(3)10-12(2)11-14(16)4/h5,10-11,15H,1,6-9H2,2-4H3,(H,18,20)/t15-/m0/s1. The zero-order chi connectivity index (χ0) is 17.2. The molecule has 6 heteroatoms. The molecule has 1 aromatic rings. The van der Waals surface area contributed by atoms with Crippen molar-refractivity contribution in [3.05, 3.63) is 41.5 Å². The summed E-state index contributed by atoms with van der Waals surface area (Å²) in [4.78, 5) is 12.6. The fraction of sp³-hybridized carbons (Fsp3) is 0.471. The molecule has 1 heterocycles. The van der Waals surface area contributed by atoms with Gasteiger partial charge in [0, 0.05) is 13.1 Å². The maximum atomic E-state index is 13.1. The van der Waals surface area contributed by atoms with Crippen molar-refractivity contribution in [3.63, 3.8) is 0 Å². The Kier molecular flexibility index (Phi) is 5.26. The van der Waals surface area contributed by atoms with Gasteiger partial charge in [0.15, 0.2) is 0 Å². The van der Waals surface area contributed by atoms with Crippen molar-refractivity contribution in [1.82, 2.24) is 9.62 Å². The number of nitrogens with one attached hydrogen (secondary N) is 1. The number of sulfonamides is 1. The van der Waals surface area contributed by atoms with E-state index in [9.17, 15) is 13.2 Å². The normalized spacial score (nSPS) is 18.8. The van der Waals surface area contributed by atoms with E-state index < -0.39 is 16.1 Å². The summed E-state index contributed by atoms with van der Waals surface area (Å²) in [6.45, 7) is 9.82. The molecule has 23 heavy (non-hydrogen) atoms. The second-order valence-electron chi connectivity index (χ2n) is 6.04. The maximum absolute atomic E-state index is 13.1. The molecule has 2 rings (SSSR count). The molecule has 1 aromatic carbocycles. The molecule has 1 atom stereocenters. The van der Waals surface area contributed by atoms with Crippen molar-refractivity contribution < 1.29 is 13.2 Å². The highest BCUT2D eigenvalue weighted by molar-refractivity contribution is 7.89. The molecule has 5 nitrogen and oxygen atoms in total. The first kappa shape index (κ1) is 17.7. The molecule has 1 saturated heterocycles. The highest BCUT2D eigenvalue weighted by Crippen LogP contribution is 2.30. The summed E-state index contributed by atoms with van der Waals surface area (Å²) in [7, 11) is -3.69. The van der Waals surface area contributed by atoms with Crippen LogP contribution in [0.15, 0.2) is 29.7 Å². The van der Waals surface area contributed by atoms with Crippen LogP contribution in [-0.2, 0) is 14.8 Å². The first-order valence-corrected chi connectivity index (χ1v) is 9.21. The number of rotatable bonds is 5. The van der Waals surface area contributed by atoms with Crippen LogP contribution in [0.5, 0.6) is 0 Å². The van der Waals surface area contributed by atoms with E-state index in [0.29, 0.717) is 30.8 Å². The molecular weight excluding hydrogens is 312 g/mol. The quantitative estimate of drug-likeness (QED) is 0.837. The monoisotopic (exact) mass is 336 g/mol. The lowest BCUT2D eigenvalue weighted by molar-refractivity contribution is -0.123. The van der Waals surface area contributed by atoms with Crippen LogP contribution in [-0.4, -0.2) is 37.8 Å². The van der Waals surface area contributed by atoms with Crippen LogP contribution < -0.4 is 5.32 Å². The number of carbonyl (C=O) groups excluding carboxylic acids is 1. The van der Waals surface area contributed by atoms with Crippen molar-refractivity contribution in [1.29, 1.82) is 0 Å². The average molecular weight is 336 g/mol. The van der Waals surface area contributed by atoms with Gasteiger partial charge < -0.3 is 5.32 Å². The van der Waals surface area contributed by atoms with Gasteiger partial charge in [0.1, 0.15) is 6.04 Å². The van der Waals surface area contributed by atoms with Crippen LogP contribution in [0.2, 0.25) is 0 Å². The average Bonchev–Trinajstić information content (AvgIpc) is 2.93. The largest absolute Gasteiger partial charge is 0.351 e. The van der Waals surface area contributed by atoms with Gasteiger partial charge in [0.2, 0.25) is 15.9 Å². The Bertz CT molecular complexity index is 702. The third-order valence-corrected chi connectivity index (χ3v) is 6.31. The lowest BCUT2D eigenvalue weighted by atomic mass is 10.1. The van der Waals surface area contributed by atoms with E-state index in [2.05, 4.69) is 11.9 Å². The molecular formula is C17H24N2O3S. The maximum Gasteiger partial charge on any atom is 0.244 e. The van der Waals surface area contributed by atoms with Gasteiger partial charge in [-0.3, -0.25) is 4.79 Å². The van der Waals surface area contributed by atoms with E-state index >= 15 is 0 Å². The fourth-order valence-electron chi connectivity index (χ4n) is 3.27. The molecule has 1 aliphatic rings. The number of aryl methyl sites for hydroxylation is 3. The van der Waals surface area contributed by atoms with Crippen LogP contribution in [0, 0.1) is 20.8 Å². The third kappa shape index (κ3) is 3.48. The fourth-order valence-corrected chi connectivity index (χ4v) is 5.34. The minimum Gasteiger partial charge on any atom is -0.351 e. The van der Waals surface area contributed by atoms with E-state index in [0.717, 1.165) is 16.7 Å². The van der Waals surface area contributed by atoms with Gasteiger partial charge in [-0.2, -0.15) is 4.31 Å². The predicted molar refractivity (Wildman–Crippen MR) is 90.8 cm³/mol. The Hall–Kier alpha value is -1.66. The number of carbonyl (C=O) groups is 1. The van der Waals surface area contributed by atoms with E-state index in [4.69, 9.17) is 0 Å². The zero-order valence-electron chi connectivity index (χ0n) is 13.9. The third-order valence-electron chi connectivity index (χ3n) is 4.10. The number of hydrogen-bond donors (Lipinski definition) is 1. The molecule has 0 saturated carbocycles. The van der Waals surface area contributed by atoms with Gasteiger partial charge in [-0.15, -0.1) is 6.58 Å². The van der Waals surface area contributed by atoms with Crippen LogP contribution in [0.4, 0.5) is 0 Å². The molecule has 126 valence electrons. The second-order valence-corrected chi connectivity index (χ2v) is 7.86. The smallest absolute Gasteiger partial charge is 0.244 e. The van der Waals surface area contributed by atoms with E-state index in [1.54, 1.807) is 19.9 Å². The minimum absolute atomic E-state index is 0.256. The van der Waals surface area contributed by atoms with Crippen molar-refractivity contribution in [2.45, 2.75) is 44.6 Å². The van der Waals surface area contributed by atoms with Gasteiger partial charge in [0.25, 0.3) is 0 Å². The highest BCUT2D eigenvalue weighted by atomic mass is 32.2. The first-order valence-electron chi connectivity index (χ1n) is 7.77. The molecule has 0 radical (unpaired) electrons. The Morgan fingerprint density at radius 3 is 2.52 bits per heavy atom. The predicted octanol–water partition coefficient (Wildman–Crippen LogP) is 2.07. The number of nitrogens with zero attached hydrogens (tertiary/aromatic N) is 1. The van der Waals surface area contributed by atoms with Crippen molar-refractivity contribution in [3.8, 4) is 0 Å². The van der Waals surface area contributed by atoms with Gasteiger partial charge in [-0.05, 0) is 44.7 Å². The molecule has 0 unspecified atom stereocenters. The Morgan fingerprint density at radius 2 is 1.96 bits per heavy atom. The van der Waals surface area contributed by atoms with Crippen molar-refractivity contribution in [2.24, 2.45) is 0 Å². The summed E-state index contributed by atoms with van der Waals surface area (Å²) in [6, 6.07) is 3.09. The SMILES string of the molecule is C=CCNC(=O)[C@@H]1CCCN1S(=O)(=O)c1c(C)cc(C)cc1C. The summed E-state index contributed by atoms with van der Waals surface area (Å²) >= 11 is 0. The number of benzene rings is 1. The van der Waals surface area contributed by atoms with E-state index in [-0.39, 0.29) is 5.91 Å². The Balaban J connectivity index is 2.39. The molecule has 1 aliphatic heterocycles. The van der Waals surface area contributed by atoms with Gasteiger partial charge in [-0.25, -0.2) is 8.42 Å². The minimum atomic E-state index is -3.69. The molecule has 0 spiro atoms. The van der Waals surface area contributed by atoms with Crippen LogP contribution in [0.3, 0.4) is 0 Å². The first-order chi connectivity index (χ1) is 10.8. The van der Waals surface area contributed by atoms with Crippen molar-refractivity contribution >= 4 is 15.9 Å². The lowest BCUT2D eigenvalue weighted by Gasteiger charge is -2.25. The van der Waals surface area contributed by atoms with Crippen molar-refractivity contribution in [2.75, 3.05) is 13.1 Å². The summed E-state index contributed by atoms with van der Waals surface area (Å²) in [6.07, 6.45) is 2.82. The molecule has 1 amide bonds. The highest BCUT2D eigenvalue weighted by Gasteiger charge is 2.40. The van der Waals surface area contributed by atoms with E-state index in [1.165, 1.54) is 4.31 Å². The number of hydrogen-bond acceptors (Lipinski definition) is 3. The summed E-state index contributed by atoms with van der Waals surface area (Å²) in [5.74, 6) is -0.256. The second kappa shape index (κ2) is 6.84. The Morgan fingerprint density at radius 1 is 1.35 bits per heavy atom. The van der Waals surface area contributed by atoms with Crippen LogP contribution >= 0.6 is 0 Å². The molecule has 0 bridgehead atoms. The number of amides is 1. The topological polar surface area (TPSA) is 66.5 Å². The molecule has 0 aromatic heterocycles. The van der Waals surface area contributed by atoms with Gasteiger partial charge in [0.05, 0.1) is 4.90 Å².